The minimum absolute atomic E-state index is 0.378. The van der Waals surface area contributed by atoms with Gasteiger partial charge in [0.15, 0.2) is 5.58 Å². The van der Waals surface area contributed by atoms with Crippen LogP contribution >= 0.6 is 0 Å². The summed E-state index contributed by atoms with van der Waals surface area (Å²) < 4.78 is 6.04. The van der Waals surface area contributed by atoms with E-state index in [-0.39, 0.29) is 6.54 Å². The summed E-state index contributed by atoms with van der Waals surface area (Å²) in [7, 11) is 0. The Morgan fingerprint density at radius 2 is 2.27 bits per heavy atom. The van der Waals surface area contributed by atoms with Gasteiger partial charge in [-0.15, -0.1) is 0 Å². The smallest absolute Gasteiger partial charge is 0.420 e. The molecular weight excluding hydrogens is 198 g/mol. The predicted molar refractivity (Wildman–Crippen MR) is 52.8 cm³/mol. The number of carboxylic acid groups (broad SMARTS) is 1. The molecule has 0 fully saturated rings. The second-order valence-corrected chi connectivity index (χ2v) is 3.27. The van der Waals surface area contributed by atoms with Crippen molar-refractivity contribution in [3.8, 4) is 0 Å². The number of hydrogen-bond acceptors (Lipinski definition) is 3. The molecule has 0 aliphatic heterocycles. The number of oxazole rings is 1. The van der Waals surface area contributed by atoms with Crippen LogP contribution in [0, 0.1) is 6.92 Å². The Morgan fingerprint density at radius 1 is 1.53 bits per heavy atom. The third-order valence-corrected chi connectivity index (χ3v) is 2.18. The maximum Gasteiger partial charge on any atom is 0.420 e. The van der Waals surface area contributed by atoms with Crippen LogP contribution in [0.4, 0.5) is 0 Å². The maximum atomic E-state index is 11.4. The number of benzene rings is 1. The molecule has 2 aromatic rings. The molecule has 0 aliphatic rings. The summed E-state index contributed by atoms with van der Waals surface area (Å²) in [6.07, 6.45) is 0. The summed E-state index contributed by atoms with van der Waals surface area (Å²) in [6.45, 7) is 1.42. The highest BCUT2D eigenvalue weighted by atomic mass is 16.4. The highest BCUT2D eigenvalue weighted by Gasteiger charge is 2.13. The summed E-state index contributed by atoms with van der Waals surface area (Å²) in [5, 5.41) is 8.66. The third-order valence-electron chi connectivity index (χ3n) is 2.18. The molecule has 1 heterocycles. The van der Waals surface area contributed by atoms with E-state index in [9.17, 15) is 9.59 Å². The SMILES string of the molecule is Cc1cccc2oc(=O)n(CC(=O)O)c12. The van der Waals surface area contributed by atoms with E-state index in [1.165, 1.54) is 0 Å². The van der Waals surface area contributed by atoms with Crippen molar-refractivity contribution >= 4 is 17.1 Å². The molecule has 1 N–H and O–H groups in total. The first-order chi connectivity index (χ1) is 7.09. The quantitative estimate of drug-likeness (QED) is 0.796. The van der Waals surface area contributed by atoms with Crippen molar-refractivity contribution in [2.24, 2.45) is 0 Å². The van der Waals surface area contributed by atoms with Crippen molar-refractivity contribution in [3.05, 3.63) is 34.3 Å². The van der Waals surface area contributed by atoms with E-state index in [1.807, 2.05) is 0 Å². The molecule has 0 bridgehead atoms. The highest BCUT2D eigenvalue weighted by Crippen LogP contribution is 2.16. The highest BCUT2D eigenvalue weighted by molar-refractivity contribution is 5.78. The molecule has 0 radical (unpaired) electrons. The minimum atomic E-state index is -1.07. The summed E-state index contributed by atoms with van der Waals surface area (Å²) in [5.41, 5.74) is 1.78. The summed E-state index contributed by atoms with van der Waals surface area (Å²) in [6, 6.07) is 5.20. The van der Waals surface area contributed by atoms with Gasteiger partial charge in [0.1, 0.15) is 6.54 Å². The molecule has 0 aliphatic carbocycles. The summed E-state index contributed by atoms with van der Waals surface area (Å²) in [5.74, 6) is -1.70. The van der Waals surface area contributed by atoms with Gasteiger partial charge in [-0.3, -0.25) is 9.36 Å². The van der Waals surface area contributed by atoms with Gasteiger partial charge in [-0.2, -0.15) is 0 Å². The molecule has 5 heteroatoms. The largest absolute Gasteiger partial charge is 0.480 e. The van der Waals surface area contributed by atoms with Gasteiger partial charge in [0.05, 0.1) is 5.52 Å². The molecule has 1 aromatic heterocycles. The number of carbonyl (C=O) groups is 1. The lowest BCUT2D eigenvalue weighted by atomic mass is 10.2. The molecule has 0 unspecified atom stereocenters. The predicted octanol–water partition coefficient (Wildman–Crippen LogP) is 0.988. The lowest BCUT2D eigenvalue weighted by Crippen LogP contribution is -2.19. The van der Waals surface area contributed by atoms with Gasteiger partial charge in [0, 0.05) is 0 Å². The Hall–Kier alpha value is -2.04. The van der Waals surface area contributed by atoms with E-state index in [1.54, 1.807) is 25.1 Å². The Labute approximate surface area is 84.5 Å². The monoisotopic (exact) mass is 207 g/mol. The van der Waals surface area contributed by atoms with Crippen molar-refractivity contribution < 1.29 is 14.3 Å². The van der Waals surface area contributed by atoms with Gasteiger partial charge in [0.2, 0.25) is 0 Å². The van der Waals surface area contributed by atoms with Crippen LogP contribution in [-0.4, -0.2) is 15.6 Å². The average Bonchev–Trinajstić information content (AvgIpc) is 2.43. The molecule has 1 aromatic carbocycles. The van der Waals surface area contributed by atoms with Crippen LogP contribution in [0.1, 0.15) is 5.56 Å². The van der Waals surface area contributed by atoms with Gasteiger partial charge in [0.25, 0.3) is 0 Å². The summed E-state index contributed by atoms with van der Waals surface area (Å²) in [4.78, 5) is 21.9. The van der Waals surface area contributed by atoms with Gasteiger partial charge >= 0.3 is 11.7 Å². The molecule has 0 saturated carbocycles. The number of aryl methyl sites for hydroxylation is 1. The van der Waals surface area contributed by atoms with Gasteiger partial charge in [-0.1, -0.05) is 12.1 Å². The van der Waals surface area contributed by atoms with Crippen molar-refractivity contribution in [2.75, 3.05) is 0 Å². The van der Waals surface area contributed by atoms with Crippen molar-refractivity contribution in [2.45, 2.75) is 13.5 Å². The van der Waals surface area contributed by atoms with E-state index >= 15 is 0 Å². The molecule has 0 amide bonds. The van der Waals surface area contributed by atoms with Crippen LogP contribution in [0.15, 0.2) is 27.4 Å². The molecule has 15 heavy (non-hydrogen) atoms. The molecule has 0 saturated heterocycles. The lowest BCUT2D eigenvalue weighted by Gasteiger charge is -1.99. The van der Waals surface area contributed by atoms with Crippen LogP contribution in [0.25, 0.3) is 11.1 Å². The van der Waals surface area contributed by atoms with Crippen LogP contribution in [0.5, 0.6) is 0 Å². The Kier molecular flexibility index (Phi) is 2.07. The van der Waals surface area contributed by atoms with E-state index in [0.717, 1.165) is 10.1 Å². The zero-order valence-corrected chi connectivity index (χ0v) is 8.06. The number of carboxylic acids is 1. The van der Waals surface area contributed by atoms with Crippen LogP contribution < -0.4 is 5.76 Å². The number of fused-ring (bicyclic) bond motifs is 1. The summed E-state index contributed by atoms with van der Waals surface area (Å²) >= 11 is 0. The molecule has 78 valence electrons. The third kappa shape index (κ3) is 1.52. The normalized spacial score (nSPS) is 10.7. The lowest BCUT2D eigenvalue weighted by molar-refractivity contribution is -0.137. The second-order valence-electron chi connectivity index (χ2n) is 3.27. The number of hydrogen-bond donors (Lipinski definition) is 1. The van der Waals surface area contributed by atoms with E-state index in [4.69, 9.17) is 9.52 Å². The molecule has 5 nitrogen and oxygen atoms in total. The number of aromatic nitrogens is 1. The Balaban J connectivity index is 2.76. The number of aliphatic carboxylic acids is 1. The van der Waals surface area contributed by atoms with Gasteiger partial charge in [-0.25, -0.2) is 4.79 Å². The molecule has 0 spiro atoms. The van der Waals surface area contributed by atoms with Crippen LogP contribution in [0.2, 0.25) is 0 Å². The standard InChI is InChI=1S/C10H9NO4/c1-6-3-2-4-7-9(6)11(5-8(12)13)10(14)15-7/h2-4H,5H2,1H3,(H,12,13). The second kappa shape index (κ2) is 3.27. The zero-order chi connectivity index (χ0) is 11.0. The van der Waals surface area contributed by atoms with E-state index in [2.05, 4.69) is 0 Å². The fraction of sp³-hybridized carbons (Fsp3) is 0.200. The number of nitrogens with zero attached hydrogens (tertiary/aromatic N) is 1. The Bertz CT molecular complexity index is 579. The molecule has 0 atom stereocenters. The molecular formula is C10H9NO4. The van der Waals surface area contributed by atoms with Crippen molar-refractivity contribution in [3.63, 3.8) is 0 Å². The van der Waals surface area contributed by atoms with E-state index < -0.39 is 11.7 Å². The van der Waals surface area contributed by atoms with Gasteiger partial charge < -0.3 is 9.52 Å². The topological polar surface area (TPSA) is 72.4 Å². The fourth-order valence-electron chi connectivity index (χ4n) is 1.58. The van der Waals surface area contributed by atoms with Gasteiger partial charge in [-0.05, 0) is 18.6 Å². The first kappa shape index (κ1) is 9.51. The van der Waals surface area contributed by atoms with Crippen molar-refractivity contribution in [1.82, 2.24) is 4.57 Å². The van der Waals surface area contributed by atoms with E-state index in [0.29, 0.717) is 11.1 Å². The number of para-hydroxylation sites is 1. The minimum Gasteiger partial charge on any atom is -0.480 e. The Morgan fingerprint density at radius 3 is 2.93 bits per heavy atom. The number of rotatable bonds is 2. The van der Waals surface area contributed by atoms with Crippen molar-refractivity contribution in [1.29, 1.82) is 0 Å². The van der Waals surface area contributed by atoms with Crippen LogP contribution in [-0.2, 0) is 11.3 Å². The molecule has 2 rings (SSSR count). The zero-order valence-electron chi connectivity index (χ0n) is 8.06. The first-order valence-corrected chi connectivity index (χ1v) is 4.40. The fourth-order valence-corrected chi connectivity index (χ4v) is 1.58. The first-order valence-electron chi connectivity index (χ1n) is 4.40. The maximum absolute atomic E-state index is 11.4. The average molecular weight is 207 g/mol. The van der Waals surface area contributed by atoms with Crippen LogP contribution in [0.3, 0.4) is 0 Å².